The van der Waals surface area contributed by atoms with Gasteiger partial charge in [0.25, 0.3) is 0 Å². The maximum Gasteiger partial charge on any atom is 0.226 e. The quantitative estimate of drug-likeness (QED) is 0.856. The van der Waals surface area contributed by atoms with Crippen LogP contribution in [0.1, 0.15) is 31.2 Å². The number of carbonyl (C=O) groups excluding carboxylic acids is 1. The number of hydrogen-bond donors (Lipinski definition) is 0. The summed E-state index contributed by atoms with van der Waals surface area (Å²) in [7, 11) is 0. The van der Waals surface area contributed by atoms with Crippen molar-refractivity contribution in [3.8, 4) is 0 Å². The van der Waals surface area contributed by atoms with Crippen molar-refractivity contribution in [3.05, 3.63) is 34.9 Å². The van der Waals surface area contributed by atoms with Gasteiger partial charge in [-0.1, -0.05) is 23.7 Å². The predicted octanol–water partition coefficient (Wildman–Crippen LogP) is 3.17. The Hall–Kier alpha value is -1.06. The maximum atomic E-state index is 12.5. The maximum absolute atomic E-state index is 12.5. The Morgan fingerprint density at radius 1 is 1.19 bits per heavy atom. The van der Waals surface area contributed by atoms with E-state index in [1.54, 1.807) is 0 Å². The standard InChI is InChI=1S/C17H23ClN2O/c18-16-7-3-5-14(11-16)12-19-8-4-6-15(13-19)17(21)20-9-1-2-10-20/h3,5,7,11,15H,1-2,4,6,8-10,12-13H2/t15-/m1/s1. The van der Waals surface area contributed by atoms with Gasteiger partial charge in [-0.2, -0.15) is 0 Å². The van der Waals surface area contributed by atoms with Crippen molar-refractivity contribution in [1.82, 2.24) is 9.80 Å². The molecule has 1 aromatic carbocycles. The molecule has 2 aliphatic heterocycles. The van der Waals surface area contributed by atoms with Crippen LogP contribution in [-0.4, -0.2) is 41.9 Å². The third-order valence-electron chi connectivity index (χ3n) is 4.57. The number of likely N-dealkylation sites (tertiary alicyclic amines) is 2. The van der Waals surface area contributed by atoms with Crippen LogP contribution in [0.2, 0.25) is 5.02 Å². The molecule has 2 heterocycles. The van der Waals surface area contributed by atoms with Crippen molar-refractivity contribution in [3.63, 3.8) is 0 Å². The summed E-state index contributed by atoms with van der Waals surface area (Å²) in [6.45, 7) is 4.79. The zero-order valence-corrected chi connectivity index (χ0v) is 13.2. The van der Waals surface area contributed by atoms with E-state index in [0.717, 1.165) is 50.6 Å². The third-order valence-corrected chi connectivity index (χ3v) is 4.80. The first-order valence-corrected chi connectivity index (χ1v) is 8.36. The molecule has 0 unspecified atom stereocenters. The number of carbonyl (C=O) groups is 1. The van der Waals surface area contributed by atoms with E-state index in [1.165, 1.54) is 18.4 Å². The molecule has 0 saturated carbocycles. The van der Waals surface area contributed by atoms with E-state index in [2.05, 4.69) is 15.9 Å². The first kappa shape index (κ1) is 14.9. The normalized spacial score (nSPS) is 23.5. The van der Waals surface area contributed by atoms with Gasteiger partial charge in [0.05, 0.1) is 5.92 Å². The minimum atomic E-state index is 0.191. The van der Waals surface area contributed by atoms with Crippen LogP contribution in [0.25, 0.3) is 0 Å². The van der Waals surface area contributed by atoms with Gasteiger partial charge in [0, 0.05) is 31.2 Å². The molecule has 1 atom stereocenters. The van der Waals surface area contributed by atoms with Gasteiger partial charge in [0.15, 0.2) is 0 Å². The second-order valence-electron chi connectivity index (χ2n) is 6.24. The molecule has 4 heteroatoms. The van der Waals surface area contributed by atoms with Gasteiger partial charge in [-0.25, -0.2) is 0 Å². The molecule has 0 N–H and O–H groups in total. The van der Waals surface area contributed by atoms with E-state index < -0.39 is 0 Å². The molecule has 0 aliphatic carbocycles. The lowest BCUT2D eigenvalue weighted by atomic mass is 9.96. The second kappa shape index (κ2) is 6.80. The van der Waals surface area contributed by atoms with Crippen molar-refractivity contribution >= 4 is 17.5 Å². The fraction of sp³-hybridized carbons (Fsp3) is 0.588. The van der Waals surface area contributed by atoms with Gasteiger partial charge < -0.3 is 4.90 Å². The average molecular weight is 307 g/mol. The summed E-state index contributed by atoms with van der Waals surface area (Å²) in [5, 5.41) is 0.786. The molecule has 0 radical (unpaired) electrons. The molecule has 3 nitrogen and oxygen atoms in total. The molecule has 0 bridgehead atoms. The Kier molecular flexibility index (Phi) is 4.81. The summed E-state index contributed by atoms with van der Waals surface area (Å²) >= 11 is 6.05. The smallest absolute Gasteiger partial charge is 0.226 e. The van der Waals surface area contributed by atoms with Crippen molar-refractivity contribution in [2.75, 3.05) is 26.2 Å². The van der Waals surface area contributed by atoms with E-state index in [1.807, 2.05) is 18.2 Å². The topological polar surface area (TPSA) is 23.6 Å². The summed E-state index contributed by atoms with van der Waals surface area (Å²) in [6.07, 6.45) is 4.50. The van der Waals surface area contributed by atoms with Crippen LogP contribution in [-0.2, 0) is 11.3 Å². The zero-order valence-electron chi connectivity index (χ0n) is 12.4. The molecule has 1 amide bonds. The number of amides is 1. The molecular formula is C17H23ClN2O. The van der Waals surface area contributed by atoms with Gasteiger partial charge >= 0.3 is 0 Å². The van der Waals surface area contributed by atoms with Crippen LogP contribution >= 0.6 is 11.6 Å². The minimum absolute atomic E-state index is 0.191. The summed E-state index contributed by atoms with van der Waals surface area (Å²) in [5.41, 5.74) is 1.23. The van der Waals surface area contributed by atoms with Gasteiger partial charge in [-0.3, -0.25) is 9.69 Å². The summed E-state index contributed by atoms with van der Waals surface area (Å²) in [6, 6.07) is 8.03. The first-order valence-electron chi connectivity index (χ1n) is 7.98. The van der Waals surface area contributed by atoms with Crippen LogP contribution in [0.3, 0.4) is 0 Å². The van der Waals surface area contributed by atoms with Crippen molar-refractivity contribution < 1.29 is 4.79 Å². The van der Waals surface area contributed by atoms with Gasteiger partial charge in [-0.05, 0) is 49.9 Å². The lowest BCUT2D eigenvalue weighted by Gasteiger charge is -2.34. The highest BCUT2D eigenvalue weighted by Gasteiger charge is 2.30. The van der Waals surface area contributed by atoms with Crippen molar-refractivity contribution in [1.29, 1.82) is 0 Å². The van der Waals surface area contributed by atoms with Crippen LogP contribution in [0.5, 0.6) is 0 Å². The molecule has 2 fully saturated rings. The van der Waals surface area contributed by atoms with Gasteiger partial charge in [0.2, 0.25) is 5.91 Å². The largest absolute Gasteiger partial charge is 0.342 e. The van der Waals surface area contributed by atoms with Crippen molar-refractivity contribution in [2.24, 2.45) is 5.92 Å². The minimum Gasteiger partial charge on any atom is -0.342 e. The number of rotatable bonds is 3. The summed E-state index contributed by atoms with van der Waals surface area (Å²) < 4.78 is 0. The fourth-order valence-electron chi connectivity index (χ4n) is 3.49. The van der Waals surface area contributed by atoms with E-state index in [4.69, 9.17) is 11.6 Å². The molecular weight excluding hydrogens is 284 g/mol. The highest BCUT2D eigenvalue weighted by Crippen LogP contribution is 2.23. The Balaban J connectivity index is 1.59. The van der Waals surface area contributed by atoms with Gasteiger partial charge in [0.1, 0.15) is 0 Å². The molecule has 0 spiro atoms. The van der Waals surface area contributed by atoms with E-state index in [-0.39, 0.29) is 5.92 Å². The number of hydrogen-bond acceptors (Lipinski definition) is 2. The molecule has 114 valence electrons. The summed E-state index contributed by atoms with van der Waals surface area (Å²) in [5.74, 6) is 0.569. The van der Waals surface area contributed by atoms with E-state index in [0.29, 0.717) is 5.91 Å². The molecule has 3 rings (SSSR count). The van der Waals surface area contributed by atoms with E-state index in [9.17, 15) is 4.79 Å². The number of halogens is 1. The first-order chi connectivity index (χ1) is 10.2. The second-order valence-corrected chi connectivity index (χ2v) is 6.67. The van der Waals surface area contributed by atoms with Gasteiger partial charge in [-0.15, -0.1) is 0 Å². The Morgan fingerprint density at radius 2 is 2.00 bits per heavy atom. The Labute approximate surface area is 131 Å². The highest BCUT2D eigenvalue weighted by molar-refractivity contribution is 6.30. The lowest BCUT2D eigenvalue weighted by molar-refractivity contribution is -0.136. The SMILES string of the molecule is O=C([C@@H]1CCCN(Cc2cccc(Cl)c2)C1)N1CCCC1. The third kappa shape index (κ3) is 3.78. The predicted molar refractivity (Wildman–Crippen MR) is 85.3 cm³/mol. The molecule has 2 saturated heterocycles. The molecule has 1 aromatic rings. The molecule has 2 aliphatic rings. The van der Waals surface area contributed by atoms with Crippen LogP contribution in [0, 0.1) is 5.92 Å². The number of benzene rings is 1. The van der Waals surface area contributed by atoms with E-state index >= 15 is 0 Å². The Bertz CT molecular complexity index is 499. The average Bonchev–Trinajstić information content (AvgIpc) is 3.01. The Morgan fingerprint density at radius 3 is 2.76 bits per heavy atom. The number of piperidine rings is 1. The lowest BCUT2D eigenvalue weighted by Crippen LogP contribution is -2.43. The number of nitrogens with zero attached hydrogens (tertiary/aromatic N) is 2. The fourth-order valence-corrected chi connectivity index (χ4v) is 3.70. The van der Waals surface area contributed by atoms with Crippen LogP contribution in [0.4, 0.5) is 0 Å². The molecule has 0 aromatic heterocycles. The monoisotopic (exact) mass is 306 g/mol. The summed E-state index contributed by atoms with van der Waals surface area (Å²) in [4.78, 5) is 17.0. The molecule has 21 heavy (non-hydrogen) atoms. The highest BCUT2D eigenvalue weighted by atomic mass is 35.5. The van der Waals surface area contributed by atoms with Crippen LogP contribution in [0.15, 0.2) is 24.3 Å². The van der Waals surface area contributed by atoms with Crippen molar-refractivity contribution in [2.45, 2.75) is 32.2 Å². The van der Waals surface area contributed by atoms with Crippen LogP contribution < -0.4 is 0 Å². The zero-order chi connectivity index (χ0) is 14.7.